The normalized spacial score (nSPS) is 12.6. The maximum atomic E-state index is 13.6. The van der Waals surface area contributed by atoms with Crippen LogP contribution in [0.15, 0.2) is 97.1 Å². The van der Waals surface area contributed by atoms with Crippen molar-refractivity contribution >= 4 is 23.6 Å². The van der Waals surface area contributed by atoms with Gasteiger partial charge in [0.2, 0.25) is 12.6 Å². The van der Waals surface area contributed by atoms with E-state index in [9.17, 15) is 9.59 Å². The average Bonchev–Trinajstić information content (AvgIpc) is 3.23. The predicted octanol–water partition coefficient (Wildman–Crippen LogP) is 8.25. The van der Waals surface area contributed by atoms with E-state index >= 15 is 0 Å². The molecule has 2 amide bonds. The molecule has 0 aliphatic rings. The number of ether oxygens (including phenoxy) is 6. The predicted molar refractivity (Wildman–Crippen MR) is 237 cm³/mol. The lowest BCUT2D eigenvalue weighted by Crippen LogP contribution is -2.35. The van der Waals surface area contributed by atoms with Gasteiger partial charge in [-0.25, -0.2) is 9.59 Å². The number of benzene rings is 4. The molecular formula is C47H65N5O8. The number of anilines is 2. The lowest BCUT2D eigenvalue weighted by atomic mass is 10.1. The summed E-state index contributed by atoms with van der Waals surface area (Å²) in [5, 5.41) is 0. The molecule has 0 aliphatic carbocycles. The van der Waals surface area contributed by atoms with Crippen LogP contribution in [0.2, 0.25) is 0 Å². The highest BCUT2D eigenvalue weighted by Gasteiger charge is 2.22. The van der Waals surface area contributed by atoms with Crippen LogP contribution < -0.4 is 19.3 Å². The zero-order valence-electron chi connectivity index (χ0n) is 37.1. The Labute approximate surface area is 357 Å². The number of hydrogen-bond acceptors (Lipinski definition) is 11. The summed E-state index contributed by atoms with van der Waals surface area (Å²) >= 11 is 0. The Morgan fingerprint density at radius 3 is 1.05 bits per heavy atom. The molecule has 13 heteroatoms. The van der Waals surface area contributed by atoms with Gasteiger partial charge in [-0.3, -0.25) is 9.80 Å². The van der Waals surface area contributed by atoms with E-state index in [2.05, 4.69) is 4.90 Å². The van der Waals surface area contributed by atoms with Crippen molar-refractivity contribution in [3.05, 3.63) is 119 Å². The fourth-order valence-electron chi connectivity index (χ4n) is 6.41. The van der Waals surface area contributed by atoms with E-state index in [1.54, 1.807) is 37.9 Å². The maximum absolute atomic E-state index is 13.6. The van der Waals surface area contributed by atoms with Crippen LogP contribution in [-0.2, 0) is 45.1 Å². The standard InChI is InChI=1S/C47H65N5O8/c1-35(59-46(53)51(33-39-15-23-44(55-9)24-16-39)31-37-11-19-41(20-12-37)48(3)4)57-29-27-43(50(7)8)28-30-58-36(2)60-47(54)52(34-40-17-25-45(56-10)26-18-40)32-38-13-21-42(22-14-38)49(5)6/h11-26,35-36,43H,27-34H2,1-10H3. The van der Waals surface area contributed by atoms with Crippen molar-refractivity contribution in [1.29, 1.82) is 0 Å². The van der Waals surface area contributed by atoms with Crippen molar-refractivity contribution < 1.29 is 38.0 Å². The van der Waals surface area contributed by atoms with Gasteiger partial charge in [-0.15, -0.1) is 0 Å². The van der Waals surface area contributed by atoms with Crippen LogP contribution in [0.1, 0.15) is 48.9 Å². The van der Waals surface area contributed by atoms with Gasteiger partial charge in [0.05, 0.1) is 27.4 Å². The summed E-state index contributed by atoms with van der Waals surface area (Å²) in [6.07, 6.45) is -1.14. The second-order valence-electron chi connectivity index (χ2n) is 15.4. The van der Waals surface area contributed by atoms with Gasteiger partial charge in [0.15, 0.2) is 0 Å². The van der Waals surface area contributed by atoms with Crippen LogP contribution in [0.25, 0.3) is 0 Å². The molecule has 0 aromatic heterocycles. The Kier molecular flexibility index (Phi) is 18.8. The van der Waals surface area contributed by atoms with E-state index in [0.717, 1.165) is 45.1 Å². The molecule has 4 rings (SSSR count). The van der Waals surface area contributed by atoms with Crippen molar-refractivity contribution in [3.63, 3.8) is 0 Å². The first-order chi connectivity index (χ1) is 28.7. The third-order valence-electron chi connectivity index (χ3n) is 10.1. The Morgan fingerprint density at radius 2 is 0.783 bits per heavy atom. The Hall–Kier alpha value is -5.50. The third kappa shape index (κ3) is 15.6. The second kappa shape index (κ2) is 23.9. The molecule has 0 saturated carbocycles. The van der Waals surface area contributed by atoms with Gasteiger partial charge >= 0.3 is 12.2 Å². The SMILES string of the molecule is COc1ccc(CN(Cc2ccc(N(C)C)cc2)C(=O)OC(C)OCCC(CCOC(C)OC(=O)N(Cc2ccc(OC)cc2)Cc2ccc(N(C)C)cc2)N(C)C)cc1. The smallest absolute Gasteiger partial charge is 0.412 e. The van der Waals surface area contributed by atoms with Gasteiger partial charge in [-0.1, -0.05) is 48.5 Å². The Bertz CT molecular complexity index is 1720. The molecule has 4 aromatic rings. The first-order valence-corrected chi connectivity index (χ1v) is 20.3. The summed E-state index contributed by atoms with van der Waals surface area (Å²) in [5.74, 6) is 1.49. The lowest BCUT2D eigenvalue weighted by Gasteiger charge is -2.27. The molecule has 0 N–H and O–H groups in total. The number of methoxy groups -OCH3 is 2. The van der Waals surface area contributed by atoms with Gasteiger partial charge in [0.1, 0.15) is 11.5 Å². The van der Waals surface area contributed by atoms with Crippen LogP contribution in [0.5, 0.6) is 11.5 Å². The summed E-state index contributed by atoms with van der Waals surface area (Å²) in [6, 6.07) is 31.6. The summed E-state index contributed by atoms with van der Waals surface area (Å²) < 4.78 is 34.3. The minimum Gasteiger partial charge on any atom is -0.497 e. The fourth-order valence-corrected chi connectivity index (χ4v) is 6.41. The van der Waals surface area contributed by atoms with Gasteiger partial charge in [-0.05, 0) is 112 Å². The van der Waals surface area contributed by atoms with Crippen LogP contribution in [0.3, 0.4) is 0 Å². The summed E-state index contributed by atoms with van der Waals surface area (Å²) in [5.41, 5.74) is 6.01. The molecule has 0 fully saturated rings. The topological polar surface area (TPSA) is 106 Å². The van der Waals surface area contributed by atoms with Crippen molar-refractivity contribution in [3.8, 4) is 11.5 Å². The van der Waals surface area contributed by atoms with E-state index in [1.165, 1.54) is 0 Å². The Morgan fingerprint density at radius 1 is 0.483 bits per heavy atom. The van der Waals surface area contributed by atoms with Crippen LogP contribution >= 0.6 is 0 Å². The first-order valence-electron chi connectivity index (χ1n) is 20.3. The molecule has 0 aliphatic heterocycles. The number of carbonyl (C=O) groups excluding carboxylic acids is 2. The van der Waals surface area contributed by atoms with Crippen molar-refractivity contribution in [2.24, 2.45) is 0 Å². The van der Waals surface area contributed by atoms with E-state index < -0.39 is 24.8 Å². The summed E-state index contributed by atoms with van der Waals surface area (Å²) in [7, 11) is 15.2. The number of nitrogens with zero attached hydrogens (tertiary/aromatic N) is 5. The quantitative estimate of drug-likeness (QED) is 0.0676. The lowest BCUT2D eigenvalue weighted by molar-refractivity contribution is -0.110. The highest BCUT2D eigenvalue weighted by atomic mass is 16.7. The van der Waals surface area contributed by atoms with Gasteiger partial charge in [-0.2, -0.15) is 0 Å². The molecule has 13 nitrogen and oxygen atoms in total. The van der Waals surface area contributed by atoms with Crippen LogP contribution in [0, 0.1) is 0 Å². The van der Waals surface area contributed by atoms with Gasteiger partial charge in [0, 0.05) is 71.8 Å². The van der Waals surface area contributed by atoms with Crippen LogP contribution in [-0.4, -0.2) is 115 Å². The van der Waals surface area contributed by atoms with Gasteiger partial charge < -0.3 is 43.1 Å². The minimum atomic E-state index is -0.766. The molecule has 0 saturated heterocycles. The second-order valence-corrected chi connectivity index (χ2v) is 15.4. The largest absolute Gasteiger partial charge is 0.497 e. The van der Waals surface area contributed by atoms with E-state index in [1.807, 2.05) is 149 Å². The van der Waals surface area contributed by atoms with E-state index in [0.29, 0.717) is 52.2 Å². The molecule has 60 heavy (non-hydrogen) atoms. The molecule has 0 heterocycles. The number of hydrogen-bond donors (Lipinski definition) is 0. The highest BCUT2D eigenvalue weighted by molar-refractivity contribution is 5.68. The molecule has 4 aromatic carbocycles. The summed E-state index contributed by atoms with van der Waals surface area (Å²) in [4.78, 5) is 36.6. The summed E-state index contributed by atoms with van der Waals surface area (Å²) in [6.45, 7) is 5.64. The third-order valence-corrected chi connectivity index (χ3v) is 10.1. The Balaban J connectivity index is 1.27. The maximum Gasteiger partial charge on any atom is 0.412 e. The molecule has 2 unspecified atom stereocenters. The molecular weight excluding hydrogens is 763 g/mol. The van der Waals surface area contributed by atoms with E-state index in [4.69, 9.17) is 28.4 Å². The molecule has 0 radical (unpaired) electrons. The van der Waals surface area contributed by atoms with Crippen LogP contribution in [0.4, 0.5) is 21.0 Å². The zero-order valence-corrected chi connectivity index (χ0v) is 37.1. The fraction of sp³-hybridized carbons (Fsp3) is 0.447. The van der Waals surface area contributed by atoms with Gasteiger partial charge in [0.25, 0.3) is 0 Å². The molecule has 0 spiro atoms. The molecule has 0 bridgehead atoms. The van der Waals surface area contributed by atoms with E-state index in [-0.39, 0.29) is 6.04 Å². The van der Waals surface area contributed by atoms with Crippen molar-refractivity contribution in [2.75, 3.05) is 79.5 Å². The number of amides is 2. The monoisotopic (exact) mass is 827 g/mol. The minimum absolute atomic E-state index is 0.101. The zero-order chi connectivity index (χ0) is 43.6. The average molecular weight is 828 g/mol. The number of carbonyl (C=O) groups is 2. The number of rotatable bonds is 23. The molecule has 326 valence electrons. The van der Waals surface area contributed by atoms with Crippen molar-refractivity contribution in [2.45, 2.75) is 71.5 Å². The first kappa shape index (κ1) is 47.2. The van der Waals surface area contributed by atoms with Crippen molar-refractivity contribution in [1.82, 2.24) is 14.7 Å². The molecule has 2 atom stereocenters. The highest BCUT2D eigenvalue weighted by Crippen LogP contribution is 2.21.